The van der Waals surface area contributed by atoms with Crippen molar-refractivity contribution in [1.29, 1.82) is 0 Å². The molecule has 0 heterocycles. The number of nitrogens with zero attached hydrogens (tertiary/aromatic N) is 2. The van der Waals surface area contributed by atoms with E-state index in [0.29, 0.717) is 6.54 Å². The van der Waals surface area contributed by atoms with Gasteiger partial charge in [-0.15, -0.1) is 0 Å². The summed E-state index contributed by atoms with van der Waals surface area (Å²) < 4.78 is 4.33. The third kappa shape index (κ3) is 9.16. The Bertz CT molecular complexity index is 519. The van der Waals surface area contributed by atoms with E-state index in [2.05, 4.69) is 42.1 Å². The molecule has 24 heavy (non-hydrogen) atoms. The fourth-order valence-electron chi connectivity index (χ4n) is 3.29. The minimum atomic E-state index is -0.501. The van der Waals surface area contributed by atoms with Crippen molar-refractivity contribution in [2.45, 2.75) is 46.1 Å². The maximum absolute atomic E-state index is 10.3. The van der Waals surface area contributed by atoms with E-state index in [1.54, 1.807) is 12.2 Å². The number of aliphatic hydroxyl groups excluding tert-OH is 1. The number of esters is 1. The van der Waals surface area contributed by atoms with E-state index in [1.165, 1.54) is 0 Å². The quantitative estimate of drug-likeness (QED) is 0.345. The monoisotopic (exact) mass is 338 g/mol. The SMILES string of the molecule is C=CC(=O)OCCO.CC1(C)CC(N=C=O)CC(C)(CN=C=O)C1. The summed E-state index contributed by atoms with van der Waals surface area (Å²) in [5, 5.41) is 8.10. The molecule has 7 heteroatoms. The van der Waals surface area contributed by atoms with Gasteiger partial charge in [0.25, 0.3) is 0 Å². The molecule has 0 aromatic heterocycles. The molecule has 0 amide bonds. The number of aliphatic hydroxyl groups is 1. The van der Waals surface area contributed by atoms with Crippen molar-refractivity contribution in [3.63, 3.8) is 0 Å². The Balaban J connectivity index is 0.000000561. The summed E-state index contributed by atoms with van der Waals surface area (Å²) in [6, 6.07) is 0.00750. The summed E-state index contributed by atoms with van der Waals surface area (Å²) in [5.74, 6) is -0.501. The van der Waals surface area contributed by atoms with E-state index in [0.717, 1.165) is 25.3 Å². The number of aliphatic imine (C=N–C) groups is 2. The number of carbonyl (C=O) groups is 1. The van der Waals surface area contributed by atoms with Gasteiger partial charge >= 0.3 is 5.97 Å². The van der Waals surface area contributed by atoms with Gasteiger partial charge in [0.1, 0.15) is 6.61 Å². The zero-order valence-electron chi connectivity index (χ0n) is 14.6. The second kappa shape index (κ2) is 10.7. The van der Waals surface area contributed by atoms with Crippen molar-refractivity contribution in [3.8, 4) is 0 Å². The molecule has 1 rings (SSSR count). The van der Waals surface area contributed by atoms with Crippen LogP contribution in [0.25, 0.3) is 0 Å². The average Bonchev–Trinajstić information content (AvgIpc) is 2.49. The lowest BCUT2D eigenvalue weighted by Gasteiger charge is -2.44. The molecule has 0 aliphatic heterocycles. The number of carbonyl (C=O) groups excluding carboxylic acids is 3. The molecule has 0 aromatic rings. The van der Waals surface area contributed by atoms with Crippen molar-refractivity contribution in [1.82, 2.24) is 0 Å². The second-order valence-electron chi connectivity index (χ2n) is 6.94. The van der Waals surface area contributed by atoms with E-state index < -0.39 is 5.97 Å². The lowest BCUT2D eigenvalue weighted by Crippen LogP contribution is -2.39. The number of rotatable bonds is 6. The first kappa shape index (κ1) is 21.9. The maximum Gasteiger partial charge on any atom is 0.330 e. The molecule has 1 N–H and O–H groups in total. The first-order chi connectivity index (χ1) is 11.2. The summed E-state index contributed by atoms with van der Waals surface area (Å²) in [6.07, 6.45) is 6.93. The normalized spacial score (nSPS) is 24.2. The standard InChI is InChI=1S/C12H18N2O2.C5H8O3/c1-11(2)4-10(14-9-16)5-12(3,6-11)7-13-8-15;1-2-5(7)8-4-3-6/h10H,4-7H2,1-3H3;2,6H,1,3-4H2. The Kier molecular flexibility index (Phi) is 9.74. The smallest absolute Gasteiger partial charge is 0.330 e. The molecule has 1 aliphatic rings. The highest BCUT2D eigenvalue weighted by Gasteiger charge is 2.41. The molecule has 0 bridgehead atoms. The van der Waals surface area contributed by atoms with Gasteiger partial charge in [-0.25, -0.2) is 24.4 Å². The van der Waals surface area contributed by atoms with Gasteiger partial charge in [0.05, 0.1) is 19.2 Å². The Hall–Kier alpha value is -2.07. The lowest BCUT2D eigenvalue weighted by molar-refractivity contribution is -0.138. The Labute approximate surface area is 142 Å². The first-order valence-electron chi connectivity index (χ1n) is 7.72. The van der Waals surface area contributed by atoms with E-state index >= 15 is 0 Å². The summed E-state index contributed by atoms with van der Waals surface area (Å²) in [6.45, 7) is 9.92. The van der Waals surface area contributed by atoms with Gasteiger partial charge in [0, 0.05) is 6.08 Å². The van der Waals surface area contributed by atoms with Crippen LogP contribution in [0.2, 0.25) is 0 Å². The molecule has 0 spiro atoms. The second-order valence-corrected chi connectivity index (χ2v) is 6.94. The summed E-state index contributed by atoms with van der Waals surface area (Å²) in [4.78, 5) is 38.2. The molecule has 134 valence electrons. The van der Waals surface area contributed by atoms with Crippen molar-refractivity contribution < 1.29 is 24.2 Å². The summed E-state index contributed by atoms with van der Waals surface area (Å²) in [7, 11) is 0. The van der Waals surface area contributed by atoms with E-state index in [-0.39, 0.29) is 30.1 Å². The lowest BCUT2D eigenvalue weighted by atomic mass is 9.63. The van der Waals surface area contributed by atoms with Gasteiger partial charge in [-0.3, -0.25) is 0 Å². The van der Waals surface area contributed by atoms with Crippen LogP contribution in [0.5, 0.6) is 0 Å². The molecular weight excluding hydrogens is 312 g/mol. The molecule has 2 atom stereocenters. The van der Waals surface area contributed by atoms with E-state index in [4.69, 9.17) is 5.11 Å². The fraction of sp³-hybridized carbons (Fsp3) is 0.706. The van der Waals surface area contributed by atoms with Crippen LogP contribution in [0.3, 0.4) is 0 Å². The minimum Gasteiger partial charge on any atom is -0.460 e. The van der Waals surface area contributed by atoms with Crippen LogP contribution in [0.1, 0.15) is 40.0 Å². The van der Waals surface area contributed by atoms with Crippen LogP contribution in [0, 0.1) is 10.8 Å². The van der Waals surface area contributed by atoms with Gasteiger partial charge in [-0.2, -0.15) is 0 Å². The Morgan fingerprint density at radius 3 is 2.50 bits per heavy atom. The average molecular weight is 338 g/mol. The molecule has 1 saturated carbocycles. The molecule has 1 fully saturated rings. The third-order valence-corrected chi connectivity index (χ3v) is 3.68. The number of hydrogen-bond donors (Lipinski definition) is 1. The largest absolute Gasteiger partial charge is 0.460 e. The first-order valence-corrected chi connectivity index (χ1v) is 7.72. The summed E-state index contributed by atoms with van der Waals surface area (Å²) in [5.41, 5.74) is 0.0561. The molecule has 2 unspecified atom stereocenters. The van der Waals surface area contributed by atoms with Crippen LogP contribution >= 0.6 is 0 Å². The van der Waals surface area contributed by atoms with Crippen LogP contribution in [0.15, 0.2) is 22.6 Å². The van der Waals surface area contributed by atoms with E-state index in [9.17, 15) is 14.4 Å². The number of isocyanates is 2. The molecule has 0 aromatic carbocycles. The van der Waals surface area contributed by atoms with Crippen molar-refractivity contribution >= 4 is 18.1 Å². The van der Waals surface area contributed by atoms with Gasteiger partial charge in [-0.05, 0) is 30.1 Å². The Morgan fingerprint density at radius 1 is 1.33 bits per heavy atom. The fourth-order valence-corrected chi connectivity index (χ4v) is 3.29. The highest BCUT2D eigenvalue weighted by Crippen LogP contribution is 2.47. The predicted octanol–water partition coefficient (Wildman–Crippen LogP) is 1.95. The topological polar surface area (TPSA) is 105 Å². The highest BCUT2D eigenvalue weighted by atomic mass is 16.5. The van der Waals surface area contributed by atoms with Gasteiger partial charge in [-0.1, -0.05) is 27.4 Å². The van der Waals surface area contributed by atoms with Crippen LogP contribution < -0.4 is 0 Å². The van der Waals surface area contributed by atoms with E-state index in [1.807, 2.05) is 0 Å². The van der Waals surface area contributed by atoms with Crippen LogP contribution in [-0.4, -0.2) is 49.0 Å². The van der Waals surface area contributed by atoms with Gasteiger partial charge in [0.2, 0.25) is 12.2 Å². The minimum absolute atomic E-state index is 0.00750. The molecule has 0 saturated heterocycles. The number of ether oxygens (including phenoxy) is 1. The summed E-state index contributed by atoms with van der Waals surface area (Å²) >= 11 is 0. The highest BCUT2D eigenvalue weighted by molar-refractivity contribution is 5.81. The third-order valence-electron chi connectivity index (χ3n) is 3.68. The van der Waals surface area contributed by atoms with Gasteiger partial charge < -0.3 is 9.84 Å². The van der Waals surface area contributed by atoms with Gasteiger partial charge in [0.15, 0.2) is 0 Å². The molecule has 1 aliphatic carbocycles. The molecule has 7 nitrogen and oxygen atoms in total. The maximum atomic E-state index is 10.3. The molecular formula is C17H26N2O5. The Morgan fingerprint density at radius 2 is 2.00 bits per heavy atom. The predicted molar refractivity (Wildman–Crippen MR) is 88.9 cm³/mol. The molecule has 0 radical (unpaired) electrons. The number of hydrogen-bond acceptors (Lipinski definition) is 7. The zero-order valence-corrected chi connectivity index (χ0v) is 14.6. The van der Waals surface area contributed by atoms with Crippen molar-refractivity contribution in [2.24, 2.45) is 20.8 Å². The van der Waals surface area contributed by atoms with Crippen molar-refractivity contribution in [3.05, 3.63) is 12.7 Å². The van der Waals surface area contributed by atoms with Crippen LogP contribution in [-0.2, 0) is 19.1 Å². The zero-order chi connectivity index (χ0) is 18.6. The van der Waals surface area contributed by atoms with Crippen molar-refractivity contribution in [2.75, 3.05) is 19.8 Å². The van der Waals surface area contributed by atoms with Crippen LogP contribution in [0.4, 0.5) is 0 Å².